The van der Waals surface area contributed by atoms with Crippen molar-refractivity contribution in [2.24, 2.45) is 5.92 Å². The van der Waals surface area contributed by atoms with Gasteiger partial charge in [0.25, 0.3) is 0 Å². The summed E-state index contributed by atoms with van der Waals surface area (Å²) >= 11 is 0. The first kappa shape index (κ1) is 17.2. The topological polar surface area (TPSA) is 50.4 Å². The average molecular weight is 258 g/mol. The van der Waals surface area contributed by atoms with Gasteiger partial charge in [0.2, 0.25) is 0 Å². The Morgan fingerprint density at radius 1 is 1.28 bits per heavy atom. The molecule has 0 rings (SSSR count). The number of alkyl carbamates (subject to hydrolysis) is 1. The zero-order valence-corrected chi connectivity index (χ0v) is 12.8. The molecule has 0 fully saturated rings. The highest BCUT2D eigenvalue weighted by Crippen LogP contribution is 2.06. The molecule has 108 valence electrons. The van der Waals surface area contributed by atoms with Gasteiger partial charge in [0.05, 0.1) is 0 Å². The van der Waals surface area contributed by atoms with Gasteiger partial charge in [-0.2, -0.15) is 0 Å². The third-order valence-electron chi connectivity index (χ3n) is 2.54. The van der Waals surface area contributed by atoms with Crippen molar-refractivity contribution < 1.29 is 9.53 Å². The number of rotatable bonds is 7. The molecule has 0 bridgehead atoms. The van der Waals surface area contributed by atoms with Crippen molar-refractivity contribution >= 4 is 6.09 Å². The zero-order chi connectivity index (χ0) is 14.2. The van der Waals surface area contributed by atoms with Crippen LogP contribution in [-0.2, 0) is 4.74 Å². The molecule has 1 amide bonds. The normalized spacial score (nSPS) is 13.5. The van der Waals surface area contributed by atoms with Crippen molar-refractivity contribution in [1.82, 2.24) is 10.6 Å². The monoisotopic (exact) mass is 258 g/mol. The Morgan fingerprint density at radius 2 is 1.89 bits per heavy atom. The highest BCUT2D eigenvalue weighted by molar-refractivity contribution is 5.67. The Balaban J connectivity index is 3.82. The van der Waals surface area contributed by atoms with E-state index < -0.39 is 5.60 Å². The molecule has 1 atom stereocenters. The van der Waals surface area contributed by atoms with E-state index in [9.17, 15) is 4.79 Å². The number of hydrogen-bond acceptors (Lipinski definition) is 3. The molecule has 18 heavy (non-hydrogen) atoms. The minimum atomic E-state index is -0.434. The predicted molar refractivity (Wildman–Crippen MR) is 75.8 cm³/mol. The van der Waals surface area contributed by atoms with E-state index in [0.29, 0.717) is 18.5 Å². The zero-order valence-electron chi connectivity index (χ0n) is 12.8. The second kappa shape index (κ2) is 8.35. The first-order valence-electron chi connectivity index (χ1n) is 6.94. The maximum Gasteiger partial charge on any atom is 0.407 e. The van der Waals surface area contributed by atoms with Crippen molar-refractivity contribution in [2.45, 2.75) is 66.0 Å². The van der Waals surface area contributed by atoms with Crippen LogP contribution >= 0.6 is 0 Å². The summed E-state index contributed by atoms with van der Waals surface area (Å²) in [4.78, 5) is 11.5. The molecule has 0 radical (unpaired) electrons. The van der Waals surface area contributed by atoms with Crippen LogP contribution in [-0.4, -0.2) is 30.8 Å². The number of carbonyl (C=O) groups excluding carboxylic acids is 1. The Hall–Kier alpha value is -0.770. The number of amides is 1. The summed E-state index contributed by atoms with van der Waals surface area (Å²) < 4.78 is 5.20. The van der Waals surface area contributed by atoms with Gasteiger partial charge in [-0.1, -0.05) is 20.8 Å². The van der Waals surface area contributed by atoms with Gasteiger partial charge in [-0.3, -0.25) is 0 Å². The van der Waals surface area contributed by atoms with E-state index in [2.05, 4.69) is 31.4 Å². The van der Waals surface area contributed by atoms with Crippen molar-refractivity contribution in [3.8, 4) is 0 Å². The van der Waals surface area contributed by atoms with E-state index in [1.54, 1.807) is 0 Å². The maximum atomic E-state index is 11.5. The minimum Gasteiger partial charge on any atom is -0.444 e. The molecule has 0 aliphatic rings. The lowest BCUT2D eigenvalue weighted by Crippen LogP contribution is -2.42. The van der Waals surface area contributed by atoms with Gasteiger partial charge in [0.1, 0.15) is 5.60 Å². The molecule has 0 heterocycles. The number of hydrogen-bond donors (Lipinski definition) is 2. The van der Waals surface area contributed by atoms with Crippen LogP contribution in [0.1, 0.15) is 54.4 Å². The molecule has 1 unspecified atom stereocenters. The summed E-state index contributed by atoms with van der Waals surface area (Å²) in [6.45, 7) is 13.7. The van der Waals surface area contributed by atoms with Crippen LogP contribution in [0.5, 0.6) is 0 Å². The first-order valence-corrected chi connectivity index (χ1v) is 6.94. The van der Waals surface area contributed by atoms with Gasteiger partial charge < -0.3 is 15.4 Å². The molecule has 0 aliphatic heterocycles. The Bertz CT molecular complexity index is 234. The van der Waals surface area contributed by atoms with Crippen LogP contribution in [0.15, 0.2) is 0 Å². The number of ether oxygens (including phenoxy) is 1. The van der Waals surface area contributed by atoms with E-state index in [1.807, 2.05) is 20.8 Å². The van der Waals surface area contributed by atoms with Gasteiger partial charge in [-0.05, 0) is 46.1 Å². The molecule has 4 nitrogen and oxygen atoms in total. The quantitative estimate of drug-likeness (QED) is 0.738. The van der Waals surface area contributed by atoms with E-state index in [-0.39, 0.29) is 6.09 Å². The van der Waals surface area contributed by atoms with Crippen LogP contribution in [0, 0.1) is 5.92 Å². The van der Waals surface area contributed by atoms with Crippen LogP contribution in [0.3, 0.4) is 0 Å². The molecule has 0 aromatic rings. The summed E-state index contributed by atoms with van der Waals surface area (Å²) in [5.74, 6) is 0.703. The Morgan fingerprint density at radius 3 is 2.33 bits per heavy atom. The predicted octanol–water partition coefficient (Wildman–Crippen LogP) is 2.93. The van der Waals surface area contributed by atoms with E-state index >= 15 is 0 Å². The summed E-state index contributed by atoms with van der Waals surface area (Å²) in [7, 11) is 0. The van der Waals surface area contributed by atoms with Crippen LogP contribution in [0.4, 0.5) is 4.79 Å². The van der Waals surface area contributed by atoms with Gasteiger partial charge in [0, 0.05) is 12.6 Å². The van der Waals surface area contributed by atoms with Crippen molar-refractivity contribution in [1.29, 1.82) is 0 Å². The molecule has 0 saturated heterocycles. The summed E-state index contributed by atoms with van der Waals surface area (Å²) in [6, 6.07) is 0.316. The Kier molecular flexibility index (Phi) is 8.00. The highest BCUT2D eigenvalue weighted by Gasteiger charge is 2.16. The number of nitrogens with one attached hydrogen (secondary N) is 2. The van der Waals surface area contributed by atoms with Gasteiger partial charge in [-0.15, -0.1) is 0 Å². The third-order valence-corrected chi connectivity index (χ3v) is 2.54. The minimum absolute atomic E-state index is 0.316. The van der Waals surface area contributed by atoms with Gasteiger partial charge in [0.15, 0.2) is 0 Å². The molecular weight excluding hydrogens is 228 g/mol. The largest absolute Gasteiger partial charge is 0.444 e. The number of carbonyl (C=O) groups is 1. The molecular formula is C14H30N2O2. The fourth-order valence-corrected chi connectivity index (χ4v) is 1.46. The fraction of sp³-hybridized carbons (Fsp3) is 0.929. The van der Waals surface area contributed by atoms with E-state index in [1.165, 1.54) is 0 Å². The van der Waals surface area contributed by atoms with Crippen LogP contribution < -0.4 is 10.6 Å². The van der Waals surface area contributed by atoms with Crippen LogP contribution in [0.2, 0.25) is 0 Å². The summed E-state index contributed by atoms with van der Waals surface area (Å²) in [5, 5.41) is 6.25. The van der Waals surface area contributed by atoms with E-state index in [0.717, 1.165) is 19.4 Å². The molecule has 2 N–H and O–H groups in total. The lowest BCUT2D eigenvalue weighted by Gasteiger charge is -2.22. The Labute approximate surface area is 112 Å². The highest BCUT2D eigenvalue weighted by atomic mass is 16.6. The molecule has 0 aromatic carbocycles. The lowest BCUT2D eigenvalue weighted by molar-refractivity contribution is 0.0522. The van der Waals surface area contributed by atoms with Crippen molar-refractivity contribution in [2.75, 3.05) is 13.1 Å². The summed E-state index contributed by atoms with van der Waals surface area (Å²) in [5.41, 5.74) is -0.434. The molecule has 0 aromatic heterocycles. The maximum absolute atomic E-state index is 11.5. The SMILES string of the molecule is CCC(CNC(=O)OC(C)(C)C)NCCC(C)C. The first-order chi connectivity index (χ1) is 8.24. The molecule has 0 saturated carbocycles. The average Bonchev–Trinajstić information content (AvgIpc) is 2.20. The standard InChI is InChI=1S/C14H30N2O2/c1-7-12(15-9-8-11(2)3)10-16-13(17)18-14(4,5)6/h11-12,15H,7-10H2,1-6H3,(H,16,17). The van der Waals surface area contributed by atoms with Gasteiger partial charge >= 0.3 is 6.09 Å². The molecule has 0 spiro atoms. The molecule has 0 aliphatic carbocycles. The van der Waals surface area contributed by atoms with Crippen molar-refractivity contribution in [3.63, 3.8) is 0 Å². The second-order valence-electron chi connectivity index (χ2n) is 6.12. The van der Waals surface area contributed by atoms with Crippen LogP contribution in [0.25, 0.3) is 0 Å². The fourth-order valence-electron chi connectivity index (χ4n) is 1.46. The van der Waals surface area contributed by atoms with Crippen molar-refractivity contribution in [3.05, 3.63) is 0 Å². The summed E-state index contributed by atoms with van der Waals surface area (Å²) in [6.07, 6.45) is 1.81. The van der Waals surface area contributed by atoms with Gasteiger partial charge in [-0.25, -0.2) is 4.79 Å². The smallest absolute Gasteiger partial charge is 0.407 e. The lowest BCUT2D eigenvalue weighted by atomic mass is 10.1. The van der Waals surface area contributed by atoms with E-state index in [4.69, 9.17) is 4.74 Å². The molecule has 4 heteroatoms. The third kappa shape index (κ3) is 10.4. The second-order valence-corrected chi connectivity index (χ2v) is 6.12.